The second-order valence-electron chi connectivity index (χ2n) is 5.50. The molecule has 0 aliphatic heterocycles. The Morgan fingerprint density at radius 3 is 2.54 bits per heavy atom. The van der Waals surface area contributed by atoms with Crippen molar-refractivity contribution < 1.29 is 9.53 Å². The highest BCUT2D eigenvalue weighted by atomic mass is 32.1. The maximum atomic E-state index is 11.6. The van der Waals surface area contributed by atoms with Gasteiger partial charge in [0.2, 0.25) is 0 Å². The number of nitrogens with one attached hydrogen (secondary N) is 2. The molecule has 0 aliphatic carbocycles. The number of aryl methyl sites for hydroxylation is 3. The van der Waals surface area contributed by atoms with E-state index in [4.69, 9.17) is 4.74 Å². The summed E-state index contributed by atoms with van der Waals surface area (Å²) < 4.78 is 9.22. The number of nitrogens with zero attached hydrogens (tertiary/aromatic N) is 2. The van der Waals surface area contributed by atoms with E-state index < -0.39 is 6.09 Å². The molecule has 0 bridgehead atoms. The van der Waals surface area contributed by atoms with Crippen molar-refractivity contribution in [1.82, 2.24) is 4.37 Å². The molecule has 6 nitrogen and oxygen atoms in total. The van der Waals surface area contributed by atoms with Crippen molar-refractivity contribution in [3.63, 3.8) is 0 Å². The molecule has 1 aromatic heterocycles. The minimum atomic E-state index is -0.488. The fraction of sp³-hybridized carbons (Fsp3) is 0.353. The van der Waals surface area contributed by atoms with Gasteiger partial charge in [-0.1, -0.05) is 6.07 Å². The normalized spacial score (nSPS) is 11.3. The molecular weight excluding hydrogens is 324 g/mol. The van der Waals surface area contributed by atoms with Gasteiger partial charge in [0.1, 0.15) is 5.00 Å². The van der Waals surface area contributed by atoms with Crippen molar-refractivity contribution in [1.29, 1.82) is 0 Å². The van der Waals surface area contributed by atoms with Gasteiger partial charge in [-0.25, -0.2) is 4.79 Å². The number of hydrogen-bond donors (Lipinski definition) is 2. The predicted octanol–water partition coefficient (Wildman–Crippen LogP) is 4.47. The second-order valence-corrected chi connectivity index (χ2v) is 6.28. The van der Waals surface area contributed by atoms with Gasteiger partial charge in [0.25, 0.3) is 0 Å². The average molecular weight is 346 g/mol. The molecule has 0 spiro atoms. The van der Waals surface area contributed by atoms with E-state index >= 15 is 0 Å². The van der Waals surface area contributed by atoms with Crippen LogP contribution in [0.25, 0.3) is 0 Å². The maximum Gasteiger partial charge on any atom is 0.412 e. The summed E-state index contributed by atoms with van der Waals surface area (Å²) in [6.07, 6.45) is -0.488. The van der Waals surface area contributed by atoms with Gasteiger partial charge in [0.15, 0.2) is 0 Å². The Morgan fingerprint density at radius 2 is 1.92 bits per heavy atom. The Labute approximate surface area is 146 Å². The molecule has 0 unspecified atom stereocenters. The number of rotatable bonds is 5. The standard InChI is InChI=1S/C17H22N4O2S/c1-6-23-17(22)18-16-15(13(5)21-24-16)12(4)19-20-14-8-10(2)7-11(3)9-14/h7-9,20H,6H2,1-5H3,(H,18,22)/b19-12+. The van der Waals surface area contributed by atoms with E-state index in [0.29, 0.717) is 11.6 Å². The molecule has 1 aromatic carbocycles. The summed E-state index contributed by atoms with van der Waals surface area (Å²) in [6, 6.07) is 6.16. The molecular formula is C17H22N4O2S. The van der Waals surface area contributed by atoms with Gasteiger partial charge >= 0.3 is 6.09 Å². The lowest BCUT2D eigenvalue weighted by Crippen LogP contribution is -2.14. The van der Waals surface area contributed by atoms with Gasteiger partial charge in [-0.15, -0.1) is 0 Å². The molecule has 128 valence electrons. The molecule has 24 heavy (non-hydrogen) atoms. The lowest BCUT2D eigenvalue weighted by molar-refractivity contribution is 0.168. The third kappa shape index (κ3) is 4.55. The van der Waals surface area contributed by atoms with Crippen LogP contribution in [0.1, 0.15) is 36.2 Å². The Bertz CT molecular complexity index is 748. The van der Waals surface area contributed by atoms with E-state index in [1.165, 1.54) is 22.7 Å². The van der Waals surface area contributed by atoms with Crippen LogP contribution in [0.3, 0.4) is 0 Å². The molecule has 0 radical (unpaired) electrons. The van der Waals surface area contributed by atoms with Gasteiger partial charge in [-0.3, -0.25) is 10.7 Å². The van der Waals surface area contributed by atoms with E-state index in [-0.39, 0.29) is 0 Å². The van der Waals surface area contributed by atoms with Crippen LogP contribution in [0.2, 0.25) is 0 Å². The largest absolute Gasteiger partial charge is 0.450 e. The molecule has 0 saturated heterocycles. The van der Waals surface area contributed by atoms with E-state index in [1.54, 1.807) is 6.92 Å². The van der Waals surface area contributed by atoms with E-state index in [0.717, 1.165) is 22.7 Å². The SMILES string of the molecule is CCOC(=O)Nc1snc(C)c1/C(C)=N/Nc1cc(C)cc(C)c1. The van der Waals surface area contributed by atoms with Crippen LogP contribution in [0.15, 0.2) is 23.3 Å². The molecule has 1 amide bonds. The lowest BCUT2D eigenvalue weighted by Gasteiger charge is -2.08. The van der Waals surface area contributed by atoms with E-state index in [2.05, 4.69) is 26.3 Å². The van der Waals surface area contributed by atoms with Crippen LogP contribution in [0.4, 0.5) is 15.5 Å². The summed E-state index contributed by atoms with van der Waals surface area (Å²) in [5, 5.41) is 7.78. The lowest BCUT2D eigenvalue weighted by atomic mass is 10.1. The fourth-order valence-electron chi connectivity index (χ4n) is 2.38. The van der Waals surface area contributed by atoms with E-state index in [9.17, 15) is 4.79 Å². The number of ether oxygens (including phenoxy) is 1. The van der Waals surface area contributed by atoms with Crippen molar-refractivity contribution >= 4 is 34.0 Å². The van der Waals surface area contributed by atoms with Crippen LogP contribution < -0.4 is 10.7 Å². The second kappa shape index (κ2) is 7.92. The first kappa shape index (κ1) is 17.9. The number of anilines is 2. The molecule has 0 atom stereocenters. The molecule has 0 saturated carbocycles. The maximum absolute atomic E-state index is 11.6. The summed E-state index contributed by atoms with van der Waals surface area (Å²) in [6.45, 7) is 9.94. The third-order valence-electron chi connectivity index (χ3n) is 3.29. The van der Waals surface area contributed by atoms with Crippen LogP contribution >= 0.6 is 11.5 Å². The van der Waals surface area contributed by atoms with Crippen molar-refractivity contribution in [2.75, 3.05) is 17.3 Å². The minimum absolute atomic E-state index is 0.320. The number of hydrogen-bond acceptors (Lipinski definition) is 6. The number of aromatic nitrogens is 1. The average Bonchev–Trinajstić information content (AvgIpc) is 2.85. The van der Waals surface area contributed by atoms with Crippen LogP contribution in [0.5, 0.6) is 0 Å². The number of carbonyl (C=O) groups is 1. The minimum Gasteiger partial charge on any atom is -0.450 e. The van der Waals surface area contributed by atoms with Gasteiger partial charge < -0.3 is 4.74 Å². The van der Waals surface area contributed by atoms with Gasteiger partial charge in [-0.05, 0) is 69.4 Å². The van der Waals surface area contributed by atoms with Gasteiger partial charge in [0, 0.05) is 0 Å². The summed E-state index contributed by atoms with van der Waals surface area (Å²) in [5.74, 6) is 0. The quantitative estimate of drug-likeness (QED) is 0.618. The van der Waals surface area contributed by atoms with Crippen LogP contribution in [-0.2, 0) is 4.74 Å². The zero-order valence-corrected chi connectivity index (χ0v) is 15.4. The van der Waals surface area contributed by atoms with Gasteiger partial charge in [-0.2, -0.15) is 9.47 Å². The summed E-state index contributed by atoms with van der Waals surface area (Å²) in [5.41, 5.74) is 8.70. The van der Waals surface area contributed by atoms with E-state index in [1.807, 2.05) is 39.8 Å². The van der Waals surface area contributed by atoms with Crippen molar-refractivity contribution in [3.05, 3.63) is 40.6 Å². The Morgan fingerprint density at radius 1 is 1.25 bits per heavy atom. The molecule has 1 heterocycles. The smallest absolute Gasteiger partial charge is 0.412 e. The monoisotopic (exact) mass is 346 g/mol. The van der Waals surface area contributed by atoms with Crippen LogP contribution in [0, 0.1) is 20.8 Å². The summed E-state index contributed by atoms with van der Waals surface area (Å²) >= 11 is 1.21. The van der Waals surface area contributed by atoms with Crippen LogP contribution in [-0.4, -0.2) is 22.8 Å². The van der Waals surface area contributed by atoms with Gasteiger partial charge in [0.05, 0.1) is 29.3 Å². The fourth-order valence-corrected chi connectivity index (χ4v) is 3.22. The highest BCUT2D eigenvalue weighted by Crippen LogP contribution is 2.25. The predicted molar refractivity (Wildman–Crippen MR) is 99.2 cm³/mol. The summed E-state index contributed by atoms with van der Waals surface area (Å²) in [4.78, 5) is 11.6. The number of hydrazone groups is 1. The number of benzene rings is 1. The first-order valence-corrected chi connectivity index (χ1v) is 8.47. The molecule has 7 heteroatoms. The Kier molecular flexibility index (Phi) is 5.92. The Balaban J connectivity index is 2.20. The molecule has 2 N–H and O–H groups in total. The van der Waals surface area contributed by atoms with Crippen molar-refractivity contribution in [2.24, 2.45) is 5.10 Å². The molecule has 0 aliphatic rings. The Hall–Kier alpha value is -2.41. The summed E-state index contributed by atoms with van der Waals surface area (Å²) in [7, 11) is 0. The first-order valence-electron chi connectivity index (χ1n) is 7.69. The molecule has 2 rings (SSSR count). The molecule has 2 aromatic rings. The third-order valence-corrected chi connectivity index (χ3v) is 4.14. The highest BCUT2D eigenvalue weighted by Gasteiger charge is 2.16. The first-order chi connectivity index (χ1) is 11.4. The van der Waals surface area contributed by atoms with Crippen molar-refractivity contribution in [3.8, 4) is 0 Å². The zero-order chi connectivity index (χ0) is 17.7. The molecule has 0 fully saturated rings. The topological polar surface area (TPSA) is 75.6 Å². The highest BCUT2D eigenvalue weighted by molar-refractivity contribution is 7.11. The number of carbonyl (C=O) groups excluding carboxylic acids is 1. The number of amides is 1. The zero-order valence-electron chi connectivity index (χ0n) is 14.6. The van der Waals surface area contributed by atoms with Crippen molar-refractivity contribution in [2.45, 2.75) is 34.6 Å².